The summed E-state index contributed by atoms with van der Waals surface area (Å²) in [4.78, 5) is 0. The van der Waals surface area contributed by atoms with Gasteiger partial charge in [-0.25, -0.2) is 0 Å². The maximum absolute atomic E-state index is 9.05. The van der Waals surface area contributed by atoms with Crippen LogP contribution in [0.4, 0.5) is 0 Å². The van der Waals surface area contributed by atoms with Gasteiger partial charge < -0.3 is 0 Å². The average Bonchev–Trinajstić information content (AvgIpc) is 3.58. The number of hydrogen-bond donors (Lipinski definition) is 0. The molecule has 1 heterocycles. The van der Waals surface area contributed by atoms with Crippen LogP contribution in [0.2, 0.25) is 0 Å². The Morgan fingerprint density at radius 1 is 0.404 bits per heavy atom. The molecule has 0 atom stereocenters. The third kappa shape index (κ3) is 4.08. The normalized spacial score (nSPS) is 13.6. The average molecular weight is 666 g/mol. The molecular weight excluding hydrogens is 631 g/mol. The number of hydrogen-bond acceptors (Lipinski definition) is 0. The van der Waals surface area contributed by atoms with Gasteiger partial charge in [0.15, 0.2) is 0 Å². The van der Waals surface area contributed by atoms with Gasteiger partial charge in [0.05, 0.1) is 0 Å². The van der Waals surface area contributed by atoms with E-state index in [-0.39, 0.29) is 44.2 Å². The molecule has 0 spiro atoms. The first-order chi connectivity index (χ1) is 25.8. The van der Waals surface area contributed by atoms with E-state index in [1.165, 1.54) is 24.9 Å². The predicted molar refractivity (Wildman–Crippen MR) is 205 cm³/mol. The summed E-state index contributed by atoms with van der Waals surface area (Å²) in [5, 5.41) is 10.2. The Kier molecular flexibility index (Phi) is 4.79. The summed E-state index contributed by atoms with van der Waals surface area (Å²) in [6.07, 6.45) is 0. The molecule has 10 aromatic rings. The van der Waals surface area contributed by atoms with E-state index in [0.717, 1.165) is 59.8 Å². The van der Waals surface area contributed by atoms with Gasteiger partial charge in [0.25, 0.3) is 0 Å². The first-order valence-corrected chi connectivity index (χ1v) is 17.4. The molecule has 0 nitrogen and oxygen atoms in total. The molecule has 0 aliphatic heterocycles. The van der Waals surface area contributed by atoms with Gasteiger partial charge in [-0.1, -0.05) is 0 Å². The molecule has 0 radical (unpaired) electrons. The fourth-order valence-corrected chi connectivity index (χ4v) is 9.93. The molecule has 47 heavy (non-hydrogen) atoms. The van der Waals surface area contributed by atoms with Crippen LogP contribution in [0, 0.1) is 0 Å². The van der Waals surface area contributed by atoms with Gasteiger partial charge in [-0.3, -0.25) is 0 Å². The van der Waals surface area contributed by atoms with Gasteiger partial charge in [-0.15, -0.1) is 0 Å². The molecule has 0 aliphatic carbocycles. The summed E-state index contributed by atoms with van der Waals surface area (Å²) in [6.45, 7) is 0. The van der Waals surface area contributed by atoms with E-state index in [0.29, 0.717) is 11.6 Å². The van der Waals surface area contributed by atoms with Crippen molar-refractivity contribution in [2.75, 3.05) is 0 Å². The summed E-state index contributed by atoms with van der Waals surface area (Å²) < 4.78 is 54.6. The first-order valence-electron chi connectivity index (χ1n) is 18.7. The fourth-order valence-electron chi connectivity index (χ4n) is 7.47. The van der Waals surface area contributed by atoms with Crippen LogP contribution < -0.4 is 0 Å². The topological polar surface area (TPSA) is 0 Å². The van der Waals surface area contributed by atoms with Crippen molar-refractivity contribution in [2.45, 2.75) is 0 Å². The zero-order valence-corrected chi connectivity index (χ0v) is 26.8. The molecule has 0 amide bonds. The third-order valence-electron chi connectivity index (χ3n) is 9.40. The molecule has 0 unspecified atom stereocenters. The number of fused-ring (bicyclic) bond motifs is 7. The van der Waals surface area contributed by atoms with Crippen molar-refractivity contribution < 1.29 is 8.22 Å². The molecule has 9 aromatic carbocycles. The molecule has 218 valence electrons. The quantitative estimate of drug-likeness (QED) is 0.130. The minimum absolute atomic E-state index is 0.0521. The first kappa shape index (κ1) is 21.4. The Morgan fingerprint density at radius 2 is 0.957 bits per heavy atom. The van der Waals surface area contributed by atoms with Crippen LogP contribution in [0.1, 0.15) is 8.22 Å². The molecule has 0 fully saturated rings. The standard InChI is InChI=1S/C46H28Se/c1-2-13-29(14-3-1)43-35-19-8-10-21-37(35)44(38-22-11-9-20-36(38)43)32-25-26-39-42(28-32)47-41-24-12-23-40(46(39)41)45-33-17-6-4-15-30(33)27-31-16-5-7-18-34(31)45/h1-28H/i1D,2D,3D,13D,14D,27D. The van der Waals surface area contributed by atoms with Crippen LogP contribution in [0.5, 0.6) is 0 Å². The number of rotatable bonds is 3. The van der Waals surface area contributed by atoms with Gasteiger partial charge in [0, 0.05) is 0 Å². The molecule has 10 rings (SSSR count). The van der Waals surface area contributed by atoms with E-state index in [2.05, 4.69) is 84.9 Å². The van der Waals surface area contributed by atoms with Crippen LogP contribution >= 0.6 is 0 Å². The van der Waals surface area contributed by atoms with E-state index >= 15 is 0 Å². The van der Waals surface area contributed by atoms with Crippen molar-refractivity contribution in [3.63, 3.8) is 0 Å². The predicted octanol–water partition coefficient (Wildman–Crippen LogP) is 12.7. The molecule has 0 saturated heterocycles. The van der Waals surface area contributed by atoms with Crippen molar-refractivity contribution in [3.8, 4) is 33.4 Å². The summed E-state index contributed by atoms with van der Waals surface area (Å²) in [7, 11) is 0. The summed E-state index contributed by atoms with van der Waals surface area (Å²) in [6, 6.07) is 45.1. The summed E-state index contributed by atoms with van der Waals surface area (Å²) >= 11 is 0.0521. The van der Waals surface area contributed by atoms with Crippen molar-refractivity contribution in [1.82, 2.24) is 0 Å². The van der Waals surface area contributed by atoms with Crippen LogP contribution in [-0.2, 0) is 0 Å². The SMILES string of the molecule is [2H]c1c([2H])c([2H])c(-c2c3ccccc3c(-c3ccc4c(c3)[se]c3cccc(-c5c6ccccc6c([2H])c6ccccc56)c34)c3ccccc23)c([2H])c1[2H]. The second-order valence-corrected chi connectivity index (χ2v) is 14.2. The molecule has 0 N–H and O–H groups in total. The third-order valence-corrected chi connectivity index (χ3v) is 11.7. The van der Waals surface area contributed by atoms with Crippen LogP contribution in [0.3, 0.4) is 0 Å². The van der Waals surface area contributed by atoms with Crippen molar-refractivity contribution in [2.24, 2.45) is 0 Å². The van der Waals surface area contributed by atoms with E-state index in [9.17, 15) is 0 Å². The van der Waals surface area contributed by atoms with E-state index < -0.39 is 6.04 Å². The fraction of sp³-hybridized carbons (Fsp3) is 0. The van der Waals surface area contributed by atoms with Crippen molar-refractivity contribution >= 4 is 76.9 Å². The van der Waals surface area contributed by atoms with Crippen LogP contribution in [-0.4, -0.2) is 14.5 Å². The second kappa shape index (κ2) is 10.5. The molecule has 0 aliphatic rings. The molecule has 1 aromatic heterocycles. The van der Waals surface area contributed by atoms with Crippen molar-refractivity contribution in [1.29, 1.82) is 0 Å². The Morgan fingerprint density at radius 3 is 1.57 bits per heavy atom. The zero-order chi connectivity index (χ0) is 36.1. The monoisotopic (exact) mass is 666 g/mol. The van der Waals surface area contributed by atoms with Crippen LogP contribution in [0.15, 0.2) is 170 Å². The van der Waals surface area contributed by atoms with E-state index in [1.807, 2.05) is 48.5 Å². The number of benzene rings is 9. The second-order valence-electron chi connectivity index (χ2n) is 11.9. The van der Waals surface area contributed by atoms with E-state index in [4.69, 9.17) is 8.22 Å². The maximum atomic E-state index is 9.05. The molecular formula is C46H28Se. The van der Waals surface area contributed by atoms with Crippen LogP contribution in [0.25, 0.3) is 95.8 Å². The summed E-state index contributed by atoms with van der Waals surface area (Å²) in [5.41, 5.74) is 5.35. The van der Waals surface area contributed by atoms with Gasteiger partial charge in [0.1, 0.15) is 0 Å². The Labute approximate surface area is 287 Å². The zero-order valence-electron chi connectivity index (χ0n) is 31.1. The Hall–Kier alpha value is -5.46. The van der Waals surface area contributed by atoms with E-state index in [1.54, 1.807) is 0 Å². The van der Waals surface area contributed by atoms with Gasteiger partial charge >= 0.3 is 288 Å². The minimum atomic E-state index is -0.395. The van der Waals surface area contributed by atoms with Gasteiger partial charge in [-0.2, -0.15) is 0 Å². The van der Waals surface area contributed by atoms with Gasteiger partial charge in [0.2, 0.25) is 0 Å². The molecule has 0 bridgehead atoms. The van der Waals surface area contributed by atoms with Gasteiger partial charge in [-0.05, 0) is 0 Å². The van der Waals surface area contributed by atoms with Crippen molar-refractivity contribution in [3.05, 3.63) is 170 Å². The Bertz CT molecular complexity index is 3050. The molecule has 1 heteroatoms. The molecule has 0 saturated carbocycles. The summed E-state index contributed by atoms with van der Waals surface area (Å²) in [5.74, 6) is 0. The Balaban J connectivity index is 1.26.